The number of Topliss-reactive ketones (excluding diaryl/α,β-unsaturated/α-hetero) is 1. The minimum Gasteiger partial charge on any atom is -0.364 e. The smallest absolute Gasteiger partial charge is 0.138 e. The Morgan fingerprint density at radius 1 is 1.69 bits per heavy atom. The van der Waals surface area contributed by atoms with Crippen LogP contribution in [-0.2, 0) is 9.53 Å². The highest BCUT2D eigenvalue weighted by molar-refractivity contribution is 9.09. The van der Waals surface area contributed by atoms with Crippen molar-refractivity contribution < 1.29 is 9.53 Å². The normalized spacial score (nSPS) is 42.3. The van der Waals surface area contributed by atoms with Gasteiger partial charge in [-0.15, -0.1) is 6.42 Å². The third-order valence-corrected chi connectivity index (χ3v) is 4.22. The van der Waals surface area contributed by atoms with Gasteiger partial charge >= 0.3 is 0 Å². The van der Waals surface area contributed by atoms with Crippen molar-refractivity contribution in [3.63, 3.8) is 0 Å². The van der Waals surface area contributed by atoms with Crippen molar-refractivity contribution in [1.82, 2.24) is 0 Å². The first kappa shape index (κ1) is 9.23. The van der Waals surface area contributed by atoms with E-state index in [1.165, 1.54) is 0 Å². The van der Waals surface area contributed by atoms with E-state index < -0.39 is 0 Å². The number of fused-ring (bicyclic) bond motifs is 2. The van der Waals surface area contributed by atoms with Gasteiger partial charge in [0.05, 0.1) is 6.10 Å². The van der Waals surface area contributed by atoms with E-state index in [-0.39, 0.29) is 12.0 Å². The summed E-state index contributed by atoms with van der Waals surface area (Å²) in [6.07, 6.45) is 6.82. The molecule has 0 spiro atoms. The summed E-state index contributed by atoms with van der Waals surface area (Å²) in [7, 11) is 0. The molecule has 0 aromatic carbocycles. The number of carbonyl (C=O) groups excluding carboxylic acids is 1. The molecule has 4 atom stereocenters. The molecular formula is C10H11BrO2. The lowest BCUT2D eigenvalue weighted by molar-refractivity contribution is -0.126. The molecule has 0 radical (unpaired) electrons. The van der Waals surface area contributed by atoms with Crippen LogP contribution in [0.25, 0.3) is 0 Å². The molecule has 2 bridgehead atoms. The summed E-state index contributed by atoms with van der Waals surface area (Å²) in [5.74, 6) is 3.36. The van der Waals surface area contributed by atoms with Crippen LogP contribution in [0.2, 0.25) is 0 Å². The van der Waals surface area contributed by atoms with Crippen LogP contribution in [-0.4, -0.2) is 23.3 Å². The summed E-state index contributed by atoms with van der Waals surface area (Å²) in [6, 6.07) is 0. The van der Waals surface area contributed by atoms with Crippen molar-refractivity contribution >= 4 is 21.7 Å². The molecule has 0 saturated heterocycles. The summed E-state index contributed by atoms with van der Waals surface area (Å²) >= 11 is 3.57. The zero-order valence-electron chi connectivity index (χ0n) is 7.20. The van der Waals surface area contributed by atoms with Crippen LogP contribution in [0.4, 0.5) is 0 Å². The van der Waals surface area contributed by atoms with Gasteiger partial charge in [0.25, 0.3) is 0 Å². The standard InChI is InChI=1S/C10H11BrO2/c1-2-3-13-10-7-4-6(9(10)11)5-8(7)12/h1,6-7,9-10H,3-5H2/t6-,7-,9+,10-/m1/s1. The summed E-state index contributed by atoms with van der Waals surface area (Å²) < 4.78 is 5.46. The molecule has 13 heavy (non-hydrogen) atoms. The van der Waals surface area contributed by atoms with Gasteiger partial charge in [0, 0.05) is 17.2 Å². The van der Waals surface area contributed by atoms with Gasteiger partial charge in [0.2, 0.25) is 0 Å². The zero-order valence-corrected chi connectivity index (χ0v) is 8.79. The van der Waals surface area contributed by atoms with Crippen LogP contribution in [0.5, 0.6) is 0 Å². The van der Waals surface area contributed by atoms with Crippen molar-refractivity contribution in [3.05, 3.63) is 0 Å². The first-order chi connectivity index (χ1) is 6.24. The van der Waals surface area contributed by atoms with Gasteiger partial charge in [-0.25, -0.2) is 0 Å². The van der Waals surface area contributed by atoms with Gasteiger partial charge in [-0.3, -0.25) is 4.79 Å². The second-order valence-corrected chi connectivity index (χ2v) is 4.75. The summed E-state index contributed by atoms with van der Waals surface area (Å²) in [6.45, 7) is 0.309. The van der Waals surface area contributed by atoms with Gasteiger partial charge in [-0.05, 0) is 12.3 Å². The molecular weight excluding hydrogens is 232 g/mol. The van der Waals surface area contributed by atoms with E-state index >= 15 is 0 Å². The largest absolute Gasteiger partial charge is 0.364 e. The third kappa shape index (κ3) is 1.43. The van der Waals surface area contributed by atoms with E-state index in [0.717, 1.165) is 12.8 Å². The van der Waals surface area contributed by atoms with Gasteiger partial charge in [-0.1, -0.05) is 21.9 Å². The molecule has 70 valence electrons. The van der Waals surface area contributed by atoms with E-state index in [9.17, 15) is 4.79 Å². The number of rotatable bonds is 2. The molecule has 2 rings (SSSR count). The highest BCUT2D eigenvalue weighted by Gasteiger charge is 2.51. The lowest BCUT2D eigenvalue weighted by Crippen LogP contribution is -2.35. The molecule has 0 heterocycles. The fourth-order valence-electron chi connectivity index (χ4n) is 2.35. The van der Waals surface area contributed by atoms with E-state index in [1.807, 2.05) is 0 Å². The summed E-state index contributed by atoms with van der Waals surface area (Å²) in [5, 5.41) is 0. The highest BCUT2D eigenvalue weighted by Crippen LogP contribution is 2.47. The molecule has 2 aliphatic rings. The number of hydrogen-bond donors (Lipinski definition) is 0. The van der Waals surface area contributed by atoms with Gasteiger partial charge in [0.1, 0.15) is 12.4 Å². The number of hydrogen-bond acceptors (Lipinski definition) is 2. The molecule has 2 saturated carbocycles. The number of ketones is 1. The highest BCUT2D eigenvalue weighted by atomic mass is 79.9. The van der Waals surface area contributed by atoms with Crippen LogP contribution >= 0.6 is 15.9 Å². The monoisotopic (exact) mass is 242 g/mol. The van der Waals surface area contributed by atoms with E-state index in [0.29, 0.717) is 23.1 Å². The van der Waals surface area contributed by atoms with E-state index in [1.54, 1.807) is 0 Å². The Bertz CT molecular complexity index is 269. The quantitative estimate of drug-likeness (QED) is 0.541. The number of alkyl halides is 1. The second kappa shape index (κ2) is 3.43. The van der Waals surface area contributed by atoms with Gasteiger partial charge in [-0.2, -0.15) is 0 Å². The van der Waals surface area contributed by atoms with E-state index in [4.69, 9.17) is 11.2 Å². The second-order valence-electron chi connectivity index (χ2n) is 3.70. The Kier molecular flexibility index (Phi) is 2.44. The van der Waals surface area contributed by atoms with Crippen LogP contribution in [0.3, 0.4) is 0 Å². The van der Waals surface area contributed by atoms with Crippen molar-refractivity contribution in [2.24, 2.45) is 11.8 Å². The predicted octanol–water partition coefficient (Wildman–Crippen LogP) is 1.38. The lowest BCUT2D eigenvalue weighted by Gasteiger charge is -2.25. The molecule has 0 amide bonds. The van der Waals surface area contributed by atoms with Gasteiger partial charge in [0.15, 0.2) is 0 Å². The summed E-state index contributed by atoms with van der Waals surface area (Å²) in [4.78, 5) is 11.7. The third-order valence-electron chi connectivity index (χ3n) is 2.95. The first-order valence-corrected chi connectivity index (χ1v) is 5.37. The molecule has 2 aliphatic carbocycles. The zero-order chi connectivity index (χ0) is 9.42. The van der Waals surface area contributed by atoms with Crippen LogP contribution in [0, 0.1) is 24.2 Å². The Hall–Kier alpha value is -0.330. The average molecular weight is 243 g/mol. The Labute approximate surface area is 86.2 Å². The maximum atomic E-state index is 11.4. The Morgan fingerprint density at radius 2 is 2.46 bits per heavy atom. The molecule has 0 aliphatic heterocycles. The Balaban J connectivity index is 2.04. The van der Waals surface area contributed by atoms with Crippen molar-refractivity contribution in [2.75, 3.05) is 6.61 Å². The topological polar surface area (TPSA) is 26.3 Å². The minimum absolute atomic E-state index is 0.0160. The Morgan fingerprint density at radius 3 is 3.08 bits per heavy atom. The molecule has 0 aromatic rings. The molecule has 0 N–H and O–H groups in total. The fourth-order valence-corrected chi connectivity index (χ4v) is 3.28. The maximum Gasteiger partial charge on any atom is 0.138 e. The molecule has 2 nitrogen and oxygen atoms in total. The molecule has 0 unspecified atom stereocenters. The molecule has 0 aromatic heterocycles. The number of terminal acetylenes is 1. The van der Waals surface area contributed by atoms with Crippen LogP contribution in [0.15, 0.2) is 0 Å². The predicted molar refractivity (Wildman–Crippen MR) is 52.5 cm³/mol. The van der Waals surface area contributed by atoms with Crippen molar-refractivity contribution in [1.29, 1.82) is 0 Å². The van der Waals surface area contributed by atoms with Crippen LogP contribution in [0.1, 0.15) is 12.8 Å². The fraction of sp³-hybridized carbons (Fsp3) is 0.700. The average Bonchev–Trinajstić information content (AvgIpc) is 2.60. The molecule has 3 heteroatoms. The SMILES string of the molecule is C#CCO[C@H]1[C@@H](Br)[C@H]2CC(=O)[C@H]1C2. The molecule has 2 fully saturated rings. The van der Waals surface area contributed by atoms with E-state index in [2.05, 4.69) is 21.9 Å². The van der Waals surface area contributed by atoms with Crippen LogP contribution < -0.4 is 0 Å². The maximum absolute atomic E-state index is 11.4. The summed E-state index contributed by atoms with van der Waals surface area (Å²) in [5.41, 5.74) is 0. The van der Waals surface area contributed by atoms with Gasteiger partial charge < -0.3 is 4.74 Å². The number of halogens is 1. The van der Waals surface area contributed by atoms with Crippen molar-refractivity contribution in [3.8, 4) is 12.3 Å². The van der Waals surface area contributed by atoms with Crippen molar-refractivity contribution in [2.45, 2.75) is 23.8 Å². The lowest BCUT2D eigenvalue weighted by atomic mass is 9.96. The minimum atomic E-state index is 0.0160. The first-order valence-electron chi connectivity index (χ1n) is 4.46. The number of carbonyl (C=O) groups is 1. The number of ether oxygens (including phenoxy) is 1.